The molecule has 1 aromatic rings. The molecule has 26 heavy (non-hydrogen) atoms. The molecule has 2 amide bonds. The Hall–Kier alpha value is -2.00. The molecule has 0 radical (unpaired) electrons. The molecule has 0 atom stereocenters. The van der Waals surface area contributed by atoms with Crippen LogP contribution in [0.25, 0.3) is 6.08 Å². The predicted molar refractivity (Wildman–Crippen MR) is 101 cm³/mol. The van der Waals surface area contributed by atoms with E-state index < -0.39 is 5.97 Å². The van der Waals surface area contributed by atoms with Crippen LogP contribution in [0.2, 0.25) is 0 Å². The fourth-order valence-electron chi connectivity index (χ4n) is 2.07. The lowest BCUT2D eigenvalue weighted by Gasteiger charge is -2.13. The van der Waals surface area contributed by atoms with Gasteiger partial charge in [0.05, 0.1) is 18.1 Å². The molecule has 7 nitrogen and oxygen atoms in total. The molecule has 0 bridgehead atoms. The van der Waals surface area contributed by atoms with Crippen molar-refractivity contribution in [2.24, 2.45) is 0 Å². The van der Waals surface area contributed by atoms with Crippen molar-refractivity contribution in [3.8, 4) is 11.5 Å². The molecule has 140 valence electrons. The summed E-state index contributed by atoms with van der Waals surface area (Å²) in [7, 11) is 1.44. The summed E-state index contributed by atoms with van der Waals surface area (Å²) >= 11 is 4.29. The van der Waals surface area contributed by atoms with Crippen LogP contribution in [0.5, 0.6) is 11.5 Å². The highest BCUT2D eigenvalue weighted by atomic mass is 79.9. The number of likely N-dealkylation sites (N-methyl/N-ethyl adjacent to an activating group) is 1. The van der Waals surface area contributed by atoms with E-state index in [1.807, 2.05) is 6.92 Å². The minimum atomic E-state index is -0.480. The minimum absolute atomic E-state index is 0.242. The summed E-state index contributed by atoms with van der Waals surface area (Å²) in [6.07, 6.45) is 1.61. The fraction of sp³-hybridized carbons (Fsp3) is 0.353. The van der Waals surface area contributed by atoms with Crippen molar-refractivity contribution < 1.29 is 28.6 Å². The zero-order chi connectivity index (χ0) is 19.3. The molecule has 2 rings (SSSR count). The number of nitrogens with zero attached hydrogens (tertiary/aromatic N) is 1. The maximum atomic E-state index is 12.0. The number of hydrogen-bond acceptors (Lipinski definition) is 7. The number of esters is 1. The molecule has 0 aromatic heterocycles. The Balaban J connectivity index is 2.29. The Morgan fingerprint density at radius 2 is 1.88 bits per heavy atom. The lowest BCUT2D eigenvalue weighted by Crippen LogP contribution is -2.22. The van der Waals surface area contributed by atoms with Gasteiger partial charge in [0.15, 0.2) is 18.1 Å². The maximum absolute atomic E-state index is 12.0. The van der Waals surface area contributed by atoms with Crippen molar-refractivity contribution in [1.29, 1.82) is 0 Å². The van der Waals surface area contributed by atoms with E-state index >= 15 is 0 Å². The van der Waals surface area contributed by atoms with E-state index in [0.717, 1.165) is 16.7 Å². The second-order valence-corrected chi connectivity index (χ2v) is 6.94. The molecule has 1 aromatic carbocycles. The van der Waals surface area contributed by atoms with Crippen LogP contribution in [-0.4, -0.2) is 48.9 Å². The van der Waals surface area contributed by atoms with Gasteiger partial charge in [-0.1, -0.05) is 15.9 Å². The third-order valence-corrected chi connectivity index (χ3v) is 4.93. The summed E-state index contributed by atoms with van der Waals surface area (Å²) in [5.74, 6) is -0.0474. The molecular formula is C17H18BrNO6S. The number of imide groups is 1. The SMILES string of the molecule is CCOC(=O)COc1cc(Br)c(/C=C2\SC(=O)N(C)C2=O)cc1OCC. The lowest BCUT2D eigenvalue weighted by atomic mass is 10.2. The molecule has 0 unspecified atom stereocenters. The van der Waals surface area contributed by atoms with Crippen LogP contribution in [0, 0.1) is 0 Å². The second-order valence-electron chi connectivity index (χ2n) is 5.09. The third-order valence-electron chi connectivity index (χ3n) is 3.29. The molecule has 1 heterocycles. The number of ether oxygens (including phenoxy) is 3. The molecule has 1 aliphatic heterocycles. The zero-order valence-corrected chi connectivity index (χ0v) is 16.9. The fourth-order valence-corrected chi connectivity index (χ4v) is 3.32. The molecule has 0 saturated carbocycles. The number of rotatable bonds is 7. The smallest absolute Gasteiger partial charge is 0.344 e. The third kappa shape index (κ3) is 4.79. The summed E-state index contributed by atoms with van der Waals surface area (Å²) < 4.78 is 16.5. The number of hydrogen-bond donors (Lipinski definition) is 0. The summed E-state index contributed by atoms with van der Waals surface area (Å²) in [6.45, 7) is 3.96. The number of benzene rings is 1. The first kappa shape index (κ1) is 20.3. The van der Waals surface area contributed by atoms with Crippen molar-refractivity contribution in [2.75, 3.05) is 26.9 Å². The van der Waals surface area contributed by atoms with E-state index in [0.29, 0.717) is 33.0 Å². The standard InChI is InChI=1S/C17H18BrNO6S/c1-4-23-12-6-10(7-14-16(21)19(3)17(22)26-14)11(18)8-13(12)25-9-15(20)24-5-2/h6-8H,4-5,9H2,1-3H3/b14-7-. The highest BCUT2D eigenvalue weighted by Gasteiger charge is 2.32. The topological polar surface area (TPSA) is 82.1 Å². The van der Waals surface area contributed by atoms with Crippen molar-refractivity contribution in [2.45, 2.75) is 13.8 Å². The average molecular weight is 444 g/mol. The summed E-state index contributed by atoms with van der Waals surface area (Å²) in [5, 5.41) is -0.322. The van der Waals surface area contributed by atoms with E-state index in [2.05, 4.69) is 15.9 Å². The van der Waals surface area contributed by atoms with Crippen molar-refractivity contribution >= 4 is 50.9 Å². The van der Waals surface area contributed by atoms with Gasteiger partial charge in [-0.3, -0.25) is 14.5 Å². The minimum Gasteiger partial charge on any atom is -0.490 e. The molecule has 1 aliphatic rings. The van der Waals surface area contributed by atoms with Gasteiger partial charge in [-0.15, -0.1) is 0 Å². The van der Waals surface area contributed by atoms with Gasteiger partial charge in [-0.05, 0) is 49.4 Å². The van der Waals surface area contributed by atoms with Crippen LogP contribution in [0.4, 0.5) is 4.79 Å². The first-order valence-corrected chi connectivity index (χ1v) is 9.44. The zero-order valence-electron chi connectivity index (χ0n) is 14.5. The lowest BCUT2D eigenvalue weighted by molar-refractivity contribution is -0.145. The Bertz CT molecular complexity index is 764. The maximum Gasteiger partial charge on any atom is 0.344 e. The highest BCUT2D eigenvalue weighted by Crippen LogP contribution is 2.37. The van der Waals surface area contributed by atoms with Gasteiger partial charge in [0, 0.05) is 11.5 Å². The van der Waals surface area contributed by atoms with Gasteiger partial charge in [0.1, 0.15) is 0 Å². The van der Waals surface area contributed by atoms with Gasteiger partial charge in [-0.2, -0.15) is 0 Å². The largest absolute Gasteiger partial charge is 0.490 e. The van der Waals surface area contributed by atoms with Crippen molar-refractivity contribution in [3.63, 3.8) is 0 Å². The van der Waals surface area contributed by atoms with Crippen LogP contribution < -0.4 is 9.47 Å². The first-order chi connectivity index (χ1) is 12.4. The van der Waals surface area contributed by atoms with Crippen molar-refractivity contribution in [1.82, 2.24) is 4.90 Å². The van der Waals surface area contributed by atoms with Crippen LogP contribution in [0.3, 0.4) is 0 Å². The van der Waals surface area contributed by atoms with Gasteiger partial charge >= 0.3 is 5.97 Å². The second kappa shape index (κ2) is 9.09. The predicted octanol–water partition coefficient (Wildman–Crippen LogP) is 3.46. The quantitative estimate of drug-likeness (QED) is 0.471. The summed E-state index contributed by atoms with van der Waals surface area (Å²) in [4.78, 5) is 36.5. The number of amides is 2. The molecule has 1 fully saturated rings. The molecule has 0 spiro atoms. The summed E-state index contributed by atoms with van der Waals surface area (Å²) in [5.41, 5.74) is 0.649. The van der Waals surface area contributed by atoms with Crippen LogP contribution in [0.15, 0.2) is 21.5 Å². The molecular weight excluding hydrogens is 426 g/mol. The van der Waals surface area contributed by atoms with Gasteiger partial charge < -0.3 is 14.2 Å². The normalized spacial score (nSPS) is 15.5. The van der Waals surface area contributed by atoms with Gasteiger partial charge in [0.25, 0.3) is 11.1 Å². The number of thioether (sulfide) groups is 1. The molecule has 0 N–H and O–H groups in total. The highest BCUT2D eigenvalue weighted by molar-refractivity contribution is 9.10. The molecule has 9 heteroatoms. The van der Waals surface area contributed by atoms with Crippen LogP contribution >= 0.6 is 27.7 Å². The number of carbonyl (C=O) groups is 3. The number of carbonyl (C=O) groups excluding carboxylic acids is 3. The molecule has 0 aliphatic carbocycles. The summed E-state index contributed by atoms with van der Waals surface area (Å²) in [6, 6.07) is 3.32. The van der Waals surface area contributed by atoms with Gasteiger partial charge in [0.2, 0.25) is 0 Å². The first-order valence-electron chi connectivity index (χ1n) is 7.83. The monoisotopic (exact) mass is 443 g/mol. The number of halogens is 1. The molecule has 1 saturated heterocycles. The Morgan fingerprint density at radius 1 is 1.19 bits per heavy atom. The van der Waals surface area contributed by atoms with E-state index in [4.69, 9.17) is 14.2 Å². The van der Waals surface area contributed by atoms with Crippen LogP contribution in [-0.2, 0) is 14.3 Å². The van der Waals surface area contributed by atoms with E-state index in [9.17, 15) is 14.4 Å². The van der Waals surface area contributed by atoms with E-state index in [1.54, 1.807) is 25.1 Å². The Labute approximate surface area is 163 Å². The van der Waals surface area contributed by atoms with Crippen molar-refractivity contribution in [3.05, 3.63) is 27.1 Å². The van der Waals surface area contributed by atoms with Crippen LogP contribution in [0.1, 0.15) is 19.4 Å². The Kier molecular flexibility index (Phi) is 7.10. The van der Waals surface area contributed by atoms with Gasteiger partial charge in [-0.25, -0.2) is 4.79 Å². The Morgan fingerprint density at radius 3 is 2.46 bits per heavy atom. The average Bonchev–Trinajstić information content (AvgIpc) is 2.83. The van der Waals surface area contributed by atoms with E-state index in [1.165, 1.54) is 7.05 Å². The van der Waals surface area contributed by atoms with E-state index in [-0.39, 0.29) is 24.4 Å².